The topological polar surface area (TPSA) is 51.8 Å². The molecule has 0 aromatic carbocycles. The summed E-state index contributed by atoms with van der Waals surface area (Å²) < 4.78 is 0. The van der Waals surface area contributed by atoms with Gasteiger partial charge >= 0.3 is 0 Å². The maximum absolute atomic E-state index is 5.77. The molecule has 1 aromatic rings. The molecule has 1 rings (SSSR count). The number of aryl methyl sites for hydroxylation is 1. The molecule has 0 aliphatic rings. The normalized spacial score (nSPS) is 13.0. The van der Waals surface area contributed by atoms with Gasteiger partial charge in [-0.2, -0.15) is 0 Å². The van der Waals surface area contributed by atoms with Crippen LogP contribution in [0.1, 0.15) is 30.9 Å². The van der Waals surface area contributed by atoms with Crippen molar-refractivity contribution in [3.63, 3.8) is 0 Å². The van der Waals surface area contributed by atoms with Crippen LogP contribution in [0.5, 0.6) is 0 Å². The maximum Gasteiger partial charge on any atom is 0.125 e. The van der Waals surface area contributed by atoms with E-state index in [2.05, 4.69) is 9.97 Å². The van der Waals surface area contributed by atoms with Crippen LogP contribution >= 0.6 is 0 Å². The first-order chi connectivity index (χ1) is 5.24. The zero-order chi connectivity index (χ0) is 8.27. The summed E-state index contributed by atoms with van der Waals surface area (Å²) in [6.07, 6.45) is 2.66. The van der Waals surface area contributed by atoms with E-state index >= 15 is 0 Å². The Morgan fingerprint density at radius 2 is 2.36 bits per heavy atom. The predicted octanol–water partition coefficient (Wildman–Crippen LogP) is 1.19. The van der Waals surface area contributed by atoms with Gasteiger partial charge in [-0.1, -0.05) is 6.92 Å². The van der Waals surface area contributed by atoms with Crippen molar-refractivity contribution in [3.05, 3.63) is 23.8 Å². The van der Waals surface area contributed by atoms with E-state index in [1.807, 2.05) is 19.9 Å². The summed E-state index contributed by atoms with van der Waals surface area (Å²) in [4.78, 5) is 8.20. The third kappa shape index (κ3) is 1.98. The minimum absolute atomic E-state index is 0.0525. The minimum Gasteiger partial charge on any atom is -0.323 e. The molecule has 0 saturated carbocycles. The number of hydrogen-bond acceptors (Lipinski definition) is 3. The fourth-order valence-corrected chi connectivity index (χ4v) is 0.890. The quantitative estimate of drug-likeness (QED) is 0.690. The molecule has 1 aromatic heterocycles. The molecule has 0 aliphatic heterocycles. The molecule has 3 heteroatoms. The van der Waals surface area contributed by atoms with E-state index in [9.17, 15) is 0 Å². The van der Waals surface area contributed by atoms with Gasteiger partial charge in [0.05, 0.1) is 5.69 Å². The molecule has 2 N–H and O–H groups in total. The van der Waals surface area contributed by atoms with Gasteiger partial charge in [-0.05, 0) is 19.4 Å². The van der Waals surface area contributed by atoms with Crippen molar-refractivity contribution in [2.75, 3.05) is 0 Å². The lowest BCUT2D eigenvalue weighted by atomic mass is 10.2. The molecule has 0 spiro atoms. The highest BCUT2D eigenvalue weighted by Crippen LogP contribution is 2.08. The second-order valence-corrected chi connectivity index (χ2v) is 2.54. The second-order valence-electron chi connectivity index (χ2n) is 2.54. The lowest BCUT2D eigenvalue weighted by Gasteiger charge is -2.06. The third-order valence-corrected chi connectivity index (χ3v) is 1.62. The summed E-state index contributed by atoms with van der Waals surface area (Å²) in [6.45, 7) is 3.91. The summed E-state index contributed by atoms with van der Waals surface area (Å²) in [5, 5.41) is 0. The Balaban J connectivity index is 2.86. The van der Waals surface area contributed by atoms with E-state index in [1.54, 1.807) is 6.20 Å². The number of hydrogen-bond donors (Lipinski definition) is 1. The molecule has 0 amide bonds. The van der Waals surface area contributed by atoms with E-state index in [0.717, 1.165) is 17.9 Å². The molecule has 0 radical (unpaired) electrons. The summed E-state index contributed by atoms with van der Waals surface area (Å²) in [6, 6.07) is 1.91. The van der Waals surface area contributed by atoms with E-state index in [0.29, 0.717) is 0 Å². The third-order valence-electron chi connectivity index (χ3n) is 1.62. The fourth-order valence-electron chi connectivity index (χ4n) is 0.890. The highest BCUT2D eigenvalue weighted by Gasteiger charge is 2.03. The van der Waals surface area contributed by atoms with Crippen molar-refractivity contribution in [1.29, 1.82) is 0 Å². The van der Waals surface area contributed by atoms with E-state index in [1.165, 1.54) is 0 Å². The van der Waals surface area contributed by atoms with Gasteiger partial charge in [-0.15, -0.1) is 0 Å². The number of aromatic nitrogens is 2. The molecular weight excluding hydrogens is 138 g/mol. The zero-order valence-electron chi connectivity index (χ0n) is 6.91. The van der Waals surface area contributed by atoms with Crippen molar-refractivity contribution in [2.45, 2.75) is 26.3 Å². The molecule has 60 valence electrons. The average molecular weight is 151 g/mol. The SMILES string of the molecule is CC[C@@H](N)c1ccnc(C)n1. The highest BCUT2D eigenvalue weighted by molar-refractivity contribution is 5.05. The van der Waals surface area contributed by atoms with Crippen LogP contribution in [0, 0.1) is 6.92 Å². The van der Waals surface area contributed by atoms with Gasteiger partial charge in [0.25, 0.3) is 0 Å². The first kappa shape index (κ1) is 8.14. The van der Waals surface area contributed by atoms with Crippen molar-refractivity contribution < 1.29 is 0 Å². The summed E-state index contributed by atoms with van der Waals surface area (Å²) >= 11 is 0. The van der Waals surface area contributed by atoms with Crippen LogP contribution in [0.15, 0.2) is 12.3 Å². The first-order valence-electron chi connectivity index (χ1n) is 3.79. The molecule has 0 fully saturated rings. The second kappa shape index (κ2) is 3.44. The zero-order valence-corrected chi connectivity index (χ0v) is 6.91. The largest absolute Gasteiger partial charge is 0.323 e. The van der Waals surface area contributed by atoms with Gasteiger partial charge in [-0.3, -0.25) is 0 Å². The van der Waals surface area contributed by atoms with Crippen LogP contribution in [-0.2, 0) is 0 Å². The van der Waals surface area contributed by atoms with Crippen LogP contribution in [0.4, 0.5) is 0 Å². The smallest absolute Gasteiger partial charge is 0.125 e. The molecule has 1 heterocycles. The predicted molar refractivity (Wildman–Crippen MR) is 44.0 cm³/mol. The minimum atomic E-state index is 0.0525. The lowest BCUT2D eigenvalue weighted by Crippen LogP contribution is -2.11. The van der Waals surface area contributed by atoms with Crippen molar-refractivity contribution in [3.8, 4) is 0 Å². The number of nitrogens with zero attached hydrogens (tertiary/aromatic N) is 2. The molecule has 3 nitrogen and oxygen atoms in total. The van der Waals surface area contributed by atoms with Crippen molar-refractivity contribution in [1.82, 2.24) is 9.97 Å². The Morgan fingerprint density at radius 1 is 1.64 bits per heavy atom. The van der Waals surface area contributed by atoms with Gasteiger partial charge in [0.1, 0.15) is 5.82 Å². The van der Waals surface area contributed by atoms with Gasteiger partial charge in [0, 0.05) is 12.2 Å². The summed E-state index contributed by atoms with van der Waals surface area (Å²) in [7, 11) is 0. The van der Waals surface area contributed by atoms with Gasteiger partial charge in [0.15, 0.2) is 0 Å². The van der Waals surface area contributed by atoms with Crippen LogP contribution in [-0.4, -0.2) is 9.97 Å². The lowest BCUT2D eigenvalue weighted by molar-refractivity contribution is 0.668. The summed E-state index contributed by atoms with van der Waals surface area (Å²) in [5.74, 6) is 0.784. The van der Waals surface area contributed by atoms with Crippen molar-refractivity contribution in [2.24, 2.45) is 5.73 Å². The van der Waals surface area contributed by atoms with E-state index in [-0.39, 0.29) is 6.04 Å². The average Bonchev–Trinajstić information content (AvgIpc) is 2.03. The Bertz CT molecular complexity index is 235. The molecule has 0 saturated heterocycles. The Morgan fingerprint density at radius 3 is 2.91 bits per heavy atom. The maximum atomic E-state index is 5.77. The Hall–Kier alpha value is -0.960. The number of rotatable bonds is 2. The standard InChI is InChI=1S/C8H13N3/c1-3-7(9)8-4-5-10-6(2)11-8/h4-5,7H,3,9H2,1-2H3/t7-/m1/s1. The first-order valence-corrected chi connectivity index (χ1v) is 3.79. The Labute approximate surface area is 66.7 Å². The molecular formula is C8H13N3. The summed E-state index contributed by atoms with van der Waals surface area (Å²) in [5.41, 5.74) is 6.70. The van der Waals surface area contributed by atoms with E-state index < -0.39 is 0 Å². The van der Waals surface area contributed by atoms with E-state index in [4.69, 9.17) is 5.73 Å². The van der Waals surface area contributed by atoms with Gasteiger partial charge in [-0.25, -0.2) is 9.97 Å². The van der Waals surface area contributed by atoms with Gasteiger partial charge < -0.3 is 5.73 Å². The van der Waals surface area contributed by atoms with Gasteiger partial charge in [0.2, 0.25) is 0 Å². The van der Waals surface area contributed by atoms with Crippen LogP contribution < -0.4 is 5.73 Å². The van der Waals surface area contributed by atoms with Crippen LogP contribution in [0.3, 0.4) is 0 Å². The molecule has 11 heavy (non-hydrogen) atoms. The molecule has 0 unspecified atom stereocenters. The van der Waals surface area contributed by atoms with Crippen LogP contribution in [0.2, 0.25) is 0 Å². The Kier molecular flexibility index (Phi) is 2.54. The number of nitrogens with two attached hydrogens (primary N) is 1. The fraction of sp³-hybridized carbons (Fsp3) is 0.500. The van der Waals surface area contributed by atoms with Crippen LogP contribution in [0.25, 0.3) is 0 Å². The molecule has 0 aliphatic carbocycles. The highest BCUT2D eigenvalue weighted by atomic mass is 14.9. The molecule has 0 bridgehead atoms. The van der Waals surface area contributed by atoms with Crippen molar-refractivity contribution >= 4 is 0 Å². The molecule has 1 atom stereocenters. The monoisotopic (exact) mass is 151 g/mol.